The molecule has 17 heavy (non-hydrogen) atoms. The van der Waals surface area contributed by atoms with E-state index in [0.29, 0.717) is 0 Å². The van der Waals surface area contributed by atoms with Crippen molar-refractivity contribution < 1.29 is 19.5 Å². The second-order valence-electron chi connectivity index (χ2n) is 3.48. The van der Waals surface area contributed by atoms with Crippen LogP contribution in [0.5, 0.6) is 0 Å². The Kier molecular flexibility index (Phi) is 6.57. The fourth-order valence-corrected chi connectivity index (χ4v) is 0.927. The first kappa shape index (κ1) is 15.1. The van der Waals surface area contributed by atoms with E-state index in [-0.39, 0.29) is 13.1 Å². The molecule has 0 heterocycles. The van der Waals surface area contributed by atoms with E-state index < -0.39 is 23.9 Å². The van der Waals surface area contributed by atoms with Gasteiger partial charge in [0.05, 0.1) is 6.54 Å². The second-order valence-corrected chi connectivity index (χ2v) is 3.48. The normalized spacial score (nSPS) is 11.7. The van der Waals surface area contributed by atoms with Gasteiger partial charge in [-0.1, -0.05) is 6.08 Å². The molecule has 0 aromatic carbocycles. The highest BCUT2D eigenvalue weighted by atomic mass is 16.4. The van der Waals surface area contributed by atoms with Crippen molar-refractivity contribution in [2.75, 3.05) is 20.1 Å². The lowest BCUT2D eigenvalue weighted by Gasteiger charge is -2.19. The van der Waals surface area contributed by atoms with Crippen LogP contribution in [-0.2, 0) is 9.59 Å². The third-order valence-electron chi connectivity index (χ3n) is 2.07. The average Bonchev–Trinajstić information content (AvgIpc) is 2.24. The summed E-state index contributed by atoms with van der Waals surface area (Å²) < 4.78 is 0. The van der Waals surface area contributed by atoms with E-state index in [0.717, 1.165) is 0 Å². The van der Waals surface area contributed by atoms with Crippen molar-refractivity contribution in [1.82, 2.24) is 15.5 Å². The summed E-state index contributed by atoms with van der Waals surface area (Å²) in [5, 5.41) is 13.1. The van der Waals surface area contributed by atoms with Gasteiger partial charge in [-0.25, -0.2) is 4.79 Å². The molecular weight excluding hydrogens is 226 g/mol. The summed E-state index contributed by atoms with van der Waals surface area (Å²) in [5.41, 5.74) is 0. The van der Waals surface area contributed by atoms with Gasteiger partial charge in [-0.3, -0.25) is 19.8 Å². The van der Waals surface area contributed by atoms with Crippen molar-refractivity contribution in [3.63, 3.8) is 0 Å². The number of carboxylic acids is 1. The molecule has 0 aliphatic carbocycles. The summed E-state index contributed by atoms with van der Waals surface area (Å²) in [6.07, 6.45) is 1.47. The lowest BCUT2D eigenvalue weighted by molar-refractivity contribution is -0.142. The number of aliphatic carboxylic acids is 1. The molecule has 0 saturated heterocycles. The van der Waals surface area contributed by atoms with Crippen LogP contribution < -0.4 is 10.6 Å². The van der Waals surface area contributed by atoms with Crippen LogP contribution in [0.4, 0.5) is 4.79 Å². The predicted molar refractivity (Wildman–Crippen MR) is 61.5 cm³/mol. The number of nitrogens with zero attached hydrogens (tertiary/aromatic N) is 1. The summed E-state index contributed by atoms with van der Waals surface area (Å²) in [6, 6.07) is -1.43. The molecule has 3 amide bonds. The fourth-order valence-electron chi connectivity index (χ4n) is 0.927. The van der Waals surface area contributed by atoms with E-state index in [9.17, 15) is 14.4 Å². The number of nitrogens with one attached hydrogen (secondary N) is 2. The summed E-state index contributed by atoms with van der Waals surface area (Å²) >= 11 is 0. The zero-order valence-corrected chi connectivity index (χ0v) is 9.90. The van der Waals surface area contributed by atoms with Crippen molar-refractivity contribution >= 4 is 17.9 Å². The van der Waals surface area contributed by atoms with Gasteiger partial charge >= 0.3 is 12.0 Å². The standard InChI is InChI=1S/C10H17N3O4/c1-4-5-11-10(17)12-8(14)6-13(3)7(2)9(15)16/h4,7H,1,5-6H2,2-3H3,(H,15,16)(H2,11,12,14,17). The molecule has 1 unspecified atom stereocenters. The molecule has 0 bridgehead atoms. The van der Waals surface area contributed by atoms with Crippen LogP contribution in [0.25, 0.3) is 0 Å². The Bertz CT molecular complexity index is 317. The molecule has 0 saturated carbocycles. The minimum atomic E-state index is -1.03. The summed E-state index contributed by atoms with van der Waals surface area (Å²) in [6.45, 7) is 4.93. The molecule has 0 aromatic rings. The maximum absolute atomic E-state index is 11.3. The number of imide groups is 1. The Morgan fingerprint density at radius 3 is 2.53 bits per heavy atom. The highest BCUT2D eigenvalue weighted by Gasteiger charge is 2.19. The highest BCUT2D eigenvalue weighted by Crippen LogP contribution is 1.94. The van der Waals surface area contributed by atoms with Gasteiger partial charge in [-0.15, -0.1) is 6.58 Å². The number of hydrogen-bond acceptors (Lipinski definition) is 4. The van der Waals surface area contributed by atoms with Gasteiger partial charge in [0.1, 0.15) is 6.04 Å². The van der Waals surface area contributed by atoms with Crippen LogP contribution in [0, 0.1) is 0 Å². The molecule has 0 aliphatic heterocycles. The number of rotatable bonds is 6. The Hall–Kier alpha value is -1.89. The summed E-state index contributed by atoms with van der Waals surface area (Å²) in [4.78, 5) is 34.3. The Morgan fingerprint density at radius 1 is 1.47 bits per heavy atom. The number of carboxylic acid groups (broad SMARTS) is 1. The number of carbonyl (C=O) groups excluding carboxylic acids is 2. The van der Waals surface area contributed by atoms with Crippen LogP contribution in [0.3, 0.4) is 0 Å². The molecule has 0 spiro atoms. The Labute approximate surface area is 99.5 Å². The first-order chi connectivity index (χ1) is 7.88. The van der Waals surface area contributed by atoms with E-state index in [1.807, 2.05) is 0 Å². The lowest BCUT2D eigenvalue weighted by Crippen LogP contribution is -2.46. The van der Waals surface area contributed by atoms with Crippen LogP contribution in [0.15, 0.2) is 12.7 Å². The molecule has 0 fully saturated rings. The van der Waals surface area contributed by atoms with Gasteiger partial charge in [-0.2, -0.15) is 0 Å². The molecule has 3 N–H and O–H groups in total. The summed E-state index contributed by atoms with van der Waals surface area (Å²) in [7, 11) is 1.49. The number of urea groups is 1. The van der Waals surface area contributed by atoms with Crippen LogP contribution in [0.2, 0.25) is 0 Å². The molecule has 96 valence electrons. The van der Waals surface area contributed by atoms with Crippen molar-refractivity contribution in [2.24, 2.45) is 0 Å². The van der Waals surface area contributed by atoms with E-state index in [2.05, 4.69) is 17.2 Å². The van der Waals surface area contributed by atoms with E-state index in [4.69, 9.17) is 5.11 Å². The molecule has 7 heteroatoms. The first-order valence-corrected chi connectivity index (χ1v) is 5.00. The molecule has 1 atom stereocenters. The van der Waals surface area contributed by atoms with Crippen LogP contribution in [0.1, 0.15) is 6.92 Å². The van der Waals surface area contributed by atoms with Gasteiger partial charge in [-0.05, 0) is 14.0 Å². The molecule has 0 aromatic heterocycles. The molecule has 0 aliphatic rings. The maximum atomic E-state index is 11.3. The highest BCUT2D eigenvalue weighted by molar-refractivity contribution is 5.95. The van der Waals surface area contributed by atoms with Gasteiger partial charge in [0.2, 0.25) is 5.91 Å². The average molecular weight is 243 g/mol. The fraction of sp³-hybridized carbons (Fsp3) is 0.500. The van der Waals surface area contributed by atoms with Crippen molar-refractivity contribution in [3.8, 4) is 0 Å². The van der Waals surface area contributed by atoms with Gasteiger partial charge in [0.15, 0.2) is 0 Å². The quantitative estimate of drug-likeness (QED) is 0.541. The second kappa shape index (κ2) is 7.39. The van der Waals surface area contributed by atoms with E-state index in [1.165, 1.54) is 24.9 Å². The van der Waals surface area contributed by atoms with Crippen molar-refractivity contribution in [2.45, 2.75) is 13.0 Å². The van der Waals surface area contributed by atoms with Gasteiger partial charge < -0.3 is 10.4 Å². The van der Waals surface area contributed by atoms with Gasteiger partial charge in [0.25, 0.3) is 0 Å². The third-order valence-corrected chi connectivity index (χ3v) is 2.07. The number of likely N-dealkylation sites (N-methyl/N-ethyl adjacent to an activating group) is 1. The van der Waals surface area contributed by atoms with Crippen LogP contribution >= 0.6 is 0 Å². The van der Waals surface area contributed by atoms with Gasteiger partial charge in [0, 0.05) is 6.54 Å². The molecule has 7 nitrogen and oxygen atoms in total. The zero-order chi connectivity index (χ0) is 13.4. The Balaban J connectivity index is 4.05. The molecule has 0 rings (SSSR count). The third kappa shape index (κ3) is 6.31. The predicted octanol–water partition coefficient (Wildman–Crippen LogP) is -0.597. The maximum Gasteiger partial charge on any atom is 0.321 e. The lowest BCUT2D eigenvalue weighted by atomic mass is 10.3. The Morgan fingerprint density at radius 2 is 2.06 bits per heavy atom. The number of amides is 3. The largest absolute Gasteiger partial charge is 0.480 e. The van der Waals surface area contributed by atoms with Crippen molar-refractivity contribution in [1.29, 1.82) is 0 Å². The smallest absolute Gasteiger partial charge is 0.321 e. The van der Waals surface area contributed by atoms with E-state index in [1.54, 1.807) is 0 Å². The minimum Gasteiger partial charge on any atom is -0.480 e. The number of carbonyl (C=O) groups is 3. The topological polar surface area (TPSA) is 98.7 Å². The SMILES string of the molecule is C=CCNC(=O)NC(=O)CN(C)C(C)C(=O)O. The van der Waals surface area contributed by atoms with Crippen LogP contribution in [-0.4, -0.2) is 54.1 Å². The molecular formula is C10H17N3O4. The monoisotopic (exact) mass is 243 g/mol. The molecule has 0 radical (unpaired) electrons. The van der Waals surface area contributed by atoms with Crippen molar-refractivity contribution in [3.05, 3.63) is 12.7 Å². The van der Waals surface area contributed by atoms with E-state index >= 15 is 0 Å². The first-order valence-electron chi connectivity index (χ1n) is 5.00. The summed E-state index contributed by atoms with van der Waals surface area (Å²) in [5.74, 6) is -1.60. The zero-order valence-electron chi connectivity index (χ0n) is 9.90. The minimum absolute atomic E-state index is 0.172. The number of hydrogen-bond donors (Lipinski definition) is 3.